The van der Waals surface area contributed by atoms with Gasteiger partial charge >= 0.3 is 0 Å². The number of aromatic amines is 2. The first-order valence-electron chi connectivity index (χ1n) is 8.72. The number of nitrogens with one attached hydrogen (secondary N) is 2. The van der Waals surface area contributed by atoms with E-state index in [1.54, 1.807) is 25.3 Å². The number of aromatic nitrogens is 6. The van der Waals surface area contributed by atoms with Crippen LogP contribution in [0, 0.1) is 5.82 Å². The van der Waals surface area contributed by atoms with Crippen molar-refractivity contribution in [2.24, 2.45) is 0 Å². The average Bonchev–Trinajstić information content (AvgIpc) is 3.34. The fourth-order valence-corrected chi connectivity index (χ4v) is 3.05. The summed E-state index contributed by atoms with van der Waals surface area (Å²) in [4.78, 5) is 12.7. The van der Waals surface area contributed by atoms with E-state index in [2.05, 4.69) is 32.3 Å². The van der Waals surface area contributed by atoms with Crippen LogP contribution in [0.3, 0.4) is 0 Å². The van der Waals surface area contributed by atoms with Gasteiger partial charge in [0.05, 0.1) is 17.7 Å². The zero-order valence-electron chi connectivity index (χ0n) is 15.5. The molecule has 2 aromatic carbocycles. The monoisotopic (exact) mass is 392 g/mol. The van der Waals surface area contributed by atoms with Crippen LogP contribution in [0.1, 0.15) is 16.7 Å². The molecule has 9 heteroatoms. The van der Waals surface area contributed by atoms with Gasteiger partial charge in [0.25, 0.3) is 11.5 Å². The van der Waals surface area contributed by atoms with Gasteiger partial charge in [-0.3, -0.25) is 9.89 Å². The number of hydrogen-bond donors (Lipinski definition) is 2. The summed E-state index contributed by atoms with van der Waals surface area (Å²) in [5.74, 6) is 0.530. The summed E-state index contributed by atoms with van der Waals surface area (Å²) < 4.78 is 19.8. The molecule has 0 saturated heterocycles. The lowest BCUT2D eigenvalue weighted by atomic mass is 10.0. The van der Waals surface area contributed by atoms with Crippen molar-refractivity contribution in [1.29, 1.82) is 0 Å². The van der Waals surface area contributed by atoms with Crippen LogP contribution in [0.4, 0.5) is 4.39 Å². The Morgan fingerprint density at radius 1 is 1.24 bits per heavy atom. The summed E-state index contributed by atoms with van der Waals surface area (Å²) >= 11 is 0. The number of benzene rings is 2. The molecule has 2 N–H and O–H groups in total. The molecule has 0 aliphatic carbocycles. The normalized spacial score (nSPS) is 11.7. The first-order valence-corrected chi connectivity index (χ1v) is 8.72. The van der Waals surface area contributed by atoms with Crippen molar-refractivity contribution >= 4 is 12.7 Å². The van der Waals surface area contributed by atoms with Crippen LogP contribution in [-0.2, 0) is 6.42 Å². The number of tetrazole rings is 1. The Balaban J connectivity index is 1.76. The Hall–Kier alpha value is -4.01. The van der Waals surface area contributed by atoms with Gasteiger partial charge in [-0.1, -0.05) is 29.9 Å². The van der Waals surface area contributed by atoms with Crippen molar-refractivity contribution in [1.82, 2.24) is 30.4 Å². The van der Waals surface area contributed by atoms with Gasteiger partial charge in [-0.2, -0.15) is 9.90 Å². The van der Waals surface area contributed by atoms with E-state index in [1.165, 1.54) is 16.8 Å². The molecule has 0 unspecified atom stereocenters. The van der Waals surface area contributed by atoms with Gasteiger partial charge in [0.15, 0.2) is 0 Å². The molecule has 146 valence electrons. The molecule has 4 aromatic rings. The molecule has 0 aliphatic heterocycles. The third-order valence-corrected chi connectivity index (χ3v) is 4.46. The summed E-state index contributed by atoms with van der Waals surface area (Å²) in [6.45, 7) is 3.89. The molecule has 0 spiro atoms. The van der Waals surface area contributed by atoms with E-state index in [-0.39, 0.29) is 17.3 Å². The van der Waals surface area contributed by atoms with Gasteiger partial charge in [0.2, 0.25) is 0 Å². The highest BCUT2D eigenvalue weighted by molar-refractivity contribution is 5.54. The fraction of sp³-hybridized carbons (Fsp3) is 0.100. The van der Waals surface area contributed by atoms with Crippen molar-refractivity contribution in [2.45, 2.75) is 6.42 Å². The average molecular weight is 392 g/mol. The maximum Gasteiger partial charge on any atom is 0.291 e. The van der Waals surface area contributed by atoms with Crippen molar-refractivity contribution < 1.29 is 9.13 Å². The minimum atomic E-state index is -0.340. The van der Waals surface area contributed by atoms with E-state index >= 15 is 0 Å². The van der Waals surface area contributed by atoms with Crippen LogP contribution in [0.25, 0.3) is 18.6 Å². The molecule has 8 nitrogen and oxygen atoms in total. The summed E-state index contributed by atoms with van der Waals surface area (Å²) in [5, 5.41) is 17.0. The lowest BCUT2D eigenvalue weighted by molar-refractivity contribution is 0.410. The molecule has 0 bridgehead atoms. The maximum atomic E-state index is 13.2. The van der Waals surface area contributed by atoms with Crippen LogP contribution in [0.15, 0.2) is 47.3 Å². The van der Waals surface area contributed by atoms with Crippen LogP contribution >= 0.6 is 0 Å². The number of halogens is 1. The summed E-state index contributed by atoms with van der Waals surface area (Å²) in [5.41, 5.74) is 2.31. The Kier molecular flexibility index (Phi) is 4.78. The van der Waals surface area contributed by atoms with Gasteiger partial charge in [-0.15, -0.1) is 5.10 Å². The molecule has 0 saturated carbocycles. The third kappa shape index (κ3) is 3.70. The van der Waals surface area contributed by atoms with Crippen molar-refractivity contribution in [3.63, 3.8) is 0 Å². The number of H-pyrrole nitrogens is 2. The topological polar surface area (TPSA) is 101 Å². The van der Waals surface area contributed by atoms with Gasteiger partial charge < -0.3 is 4.74 Å². The molecular formula is C20H17FN6O2. The smallest absolute Gasteiger partial charge is 0.291 e. The van der Waals surface area contributed by atoms with E-state index < -0.39 is 0 Å². The number of methoxy groups -OCH3 is 1. The van der Waals surface area contributed by atoms with E-state index in [4.69, 9.17) is 4.74 Å². The van der Waals surface area contributed by atoms with Crippen LogP contribution < -0.4 is 20.9 Å². The summed E-state index contributed by atoms with van der Waals surface area (Å²) in [6, 6.07) is 11.9. The minimum Gasteiger partial charge on any atom is -0.496 e. The summed E-state index contributed by atoms with van der Waals surface area (Å²) in [7, 11) is 1.59. The Labute approximate surface area is 164 Å². The second-order valence-electron chi connectivity index (χ2n) is 6.38. The molecule has 2 heterocycles. The lowest BCUT2D eigenvalue weighted by Gasteiger charge is -2.10. The second-order valence-corrected chi connectivity index (χ2v) is 6.38. The van der Waals surface area contributed by atoms with Gasteiger partial charge in [-0.05, 0) is 52.2 Å². The molecule has 2 aromatic heterocycles. The first-order chi connectivity index (χ1) is 14.0. The lowest BCUT2D eigenvalue weighted by Crippen LogP contribution is -2.34. The largest absolute Gasteiger partial charge is 0.496 e. The zero-order chi connectivity index (χ0) is 20.4. The Morgan fingerprint density at radius 3 is 2.72 bits per heavy atom. The van der Waals surface area contributed by atoms with Crippen LogP contribution in [0.5, 0.6) is 5.75 Å². The maximum absolute atomic E-state index is 13.2. The van der Waals surface area contributed by atoms with Gasteiger partial charge in [0, 0.05) is 6.42 Å². The fourth-order valence-electron chi connectivity index (χ4n) is 3.05. The molecule has 0 atom stereocenters. The van der Waals surface area contributed by atoms with Crippen molar-refractivity contribution in [2.75, 3.05) is 7.11 Å². The second kappa shape index (κ2) is 7.55. The highest BCUT2D eigenvalue weighted by atomic mass is 19.1. The van der Waals surface area contributed by atoms with Gasteiger partial charge in [0.1, 0.15) is 11.6 Å². The molecule has 0 amide bonds. The minimum absolute atomic E-state index is 0.103. The zero-order valence-corrected chi connectivity index (χ0v) is 15.5. The van der Waals surface area contributed by atoms with Crippen molar-refractivity contribution in [3.05, 3.63) is 85.9 Å². The molecule has 0 fully saturated rings. The quantitative estimate of drug-likeness (QED) is 0.520. The first kappa shape index (κ1) is 18.4. The van der Waals surface area contributed by atoms with E-state index in [1.807, 2.05) is 18.2 Å². The Bertz CT molecular complexity index is 1310. The molecular weight excluding hydrogens is 375 g/mol. The highest BCUT2D eigenvalue weighted by Gasteiger charge is 2.09. The molecule has 0 aliphatic rings. The van der Waals surface area contributed by atoms with Crippen molar-refractivity contribution in [3.8, 4) is 11.7 Å². The van der Waals surface area contributed by atoms with E-state index in [0.29, 0.717) is 22.7 Å². The predicted molar refractivity (Wildman–Crippen MR) is 105 cm³/mol. The van der Waals surface area contributed by atoms with Crippen LogP contribution in [0.2, 0.25) is 0 Å². The number of nitrogens with zero attached hydrogens (tertiary/aromatic N) is 4. The van der Waals surface area contributed by atoms with Crippen LogP contribution in [-0.4, -0.2) is 37.5 Å². The Morgan fingerprint density at radius 2 is 2.03 bits per heavy atom. The molecule has 4 rings (SSSR count). The summed E-state index contributed by atoms with van der Waals surface area (Å²) in [6.07, 6.45) is 2.29. The molecule has 0 radical (unpaired) electrons. The SMILES string of the molecule is C=c1[nH]n(-c2nn[nH]n2)c(=O)/c1=C\c1ccc(OC)c(Cc2ccc(F)cc2)c1. The molecule has 29 heavy (non-hydrogen) atoms. The highest BCUT2D eigenvalue weighted by Crippen LogP contribution is 2.23. The number of hydrogen-bond acceptors (Lipinski definition) is 5. The third-order valence-electron chi connectivity index (χ3n) is 4.46. The number of rotatable bonds is 5. The van der Waals surface area contributed by atoms with E-state index in [0.717, 1.165) is 16.7 Å². The predicted octanol–water partition coefficient (Wildman–Crippen LogP) is 0.656. The van der Waals surface area contributed by atoms with E-state index in [9.17, 15) is 9.18 Å². The number of ether oxygens (including phenoxy) is 1. The standard InChI is InChI=1S/C20H17FN6O2/c1-12-17(19(28)27(24-12)20-22-25-26-23-20)11-14-5-8-18(29-2)15(10-14)9-13-3-6-16(21)7-4-13/h3-8,10-11,24H,1,9H2,2H3,(H,22,23,25,26)/b17-11-. The van der Waals surface area contributed by atoms with Gasteiger partial charge in [-0.25, -0.2) is 4.39 Å².